The molecule has 154 valence electrons. The van der Waals surface area contributed by atoms with Crippen molar-refractivity contribution in [1.29, 1.82) is 0 Å². The first-order valence-corrected chi connectivity index (χ1v) is 11.0. The summed E-state index contributed by atoms with van der Waals surface area (Å²) < 4.78 is 6.35. The Balaban J connectivity index is 1.37. The van der Waals surface area contributed by atoms with Crippen LogP contribution >= 0.6 is 24.0 Å². The molecule has 0 saturated carbocycles. The predicted octanol–water partition coefficient (Wildman–Crippen LogP) is 5.19. The molecular weight excluding hydrogens is 430 g/mol. The first-order valence-electron chi connectivity index (χ1n) is 9.78. The van der Waals surface area contributed by atoms with Crippen molar-refractivity contribution >= 4 is 46.3 Å². The van der Waals surface area contributed by atoms with Crippen molar-refractivity contribution in [3.05, 3.63) is 76.4 Å². The molecule has 1 aliphatic carbocycles. The zero-order chi connectivity index (χ0) is 21.5. The maximum absolute atomic E-state index is 12.6. The van der Waals surface area contributed by atoms with Crippen molar-refractivity contribution in [3.8, 4) is 22.5 Å². The number of fused-ring (bicyclic) bond motifs is 3. The summed E-state index contributed by atoms with van der Waals surface area (Å²) >= 11 is 6.38. The molecule has 0 spiro atoms. The van der Waals surface area contributed by atoms with Gasteiger partial charge in [0.2, 0.25) is 0 Å². The van der Waals surface area contributed by atoms with Crippen LogP contribution in [0.25, 0.3) is 28.5 Å². The highest BCUT2D eigenvalue weighted by atomic mass is 32.2. The molecule has 3 aromatic rings. The van der Waals surface area contributed by atoms with E-state index in [0.717, 1.165) is 29.5 Å². The maximum atomic E-state index is 12.6. The van der Waals surface area contributed by atoms with Gasteiger partial charge in [-0.15, -0.1) is 0 Å². The number of benzene rings is 2. The van der Waals surface area contributed by atoms with Gasteiger partial charge in [-0.2, -0.15) is 0 Å². The molecule has 0 bridgehead atoms. The molecule has 7 heteroatoms. The normalized spacial score (nSPS) is 16.1. The van der Waals surface area contributed by atoms with E-state index in [2.05, 4.69) is 42.5 Å². The van der Waals surface area contributed by atoms with E-state index in [-0.39, 0.29) is 18.9 Å². The van der Waals surface area contributed by atoms with E-state index in [1.54, 1.807) is 6.08 Å². The number of thiocarbonyl (C=S) groups is 1. The molecule has 5 nitrogen and oxygen atoms in total. The van der Waals surface area contributed by atoms with Crippen LogP contribution in [0.1, 0.15) is 23.3 Å². The van der Waals surface area contributed by atoms with E-state index < -0.39 is 5.97 Å². The van der Waals surface area contributed by atoms with E-state index in [1.165, 1.54) is 27.2 Å². The Morgan fingerprint density at radius 2 is 1.94 bits per heavy atom. The van der Waals surface area contributed by atoms with Crippen molar-refractivity contribution in [3.63, 3.8) is 0 Å². The minimum Gasteiger partial charge on any atom is -0.481 e. The molecule has 0 radical (unpaired) electrons. The van der Waals surface area contributed by atoms with Crippen LogP contribution in [-0.4, -0.2) is 32.7 Å². The highest BCUT2D eigenvalue weighted by molar-refractivity contribution is 8.26. The van der Waals surface area contributed by atoms with E-state index in [9.17, 15) is 9.59 Å². The molecule has 2 aromatic carbocycles. The summed E-state index contributed by atoms with van der Waals surface area (Å²) in [6, 6.07) is 18.5. The van der Waals surface area contributed by atoms with E-state index in [1.807, 2.05) is 12.1 Å². The van der Waals surface area contributed by atoms with Crippen molar-refractivity contribution < 1.29 is 19.1 Å². The monoisotopic (exact) mass is 447 g/mol. The van der Waals surface area contributed by atoms with Gasteiger partial charge in [-0.25, -0.2) is 0 Å². The Hall–Kier alpha value is -3.16. The highest BCUT2D eigenvalue weighted by Gasteiger charge is 2.32. The number of rotatable bonds is 5. The Morgan fingerprint density at radius 1 is 1.13 bits per heavy atom. The fourth-order valence-electron chi connectivity index (χ4n) is 3.91. The second-order valence-corrected chi connectivity index (χ2v) is 9.06. The highest BCUT2D eigenvalue weighted by Crippen LogP contribution is 2.39. The number of hydrogen-bond donors (Lipinski definition) is 1. The molecule has 1 aromatic heterocycles. The molecule has 1 fully saturated rings. The van der Waals surface area contributed by atoms with Gasteiger partial charge in [-0.3, -0.25) is 14.5 Å². The van der Waals surface area contributed by atoms with Crippen LogP contribution in [0.2, 0.25) is 0 Å². The minimum atomic E-state index is -0.967. The third kappa shape index (κ3) is 3.71. The summed E-state index contributed by atoms with van der Waals surface area (Å²) in [6.07, 6.45) is 2.42. The molecule has 1 N–H and O–H groups in total. The molecule has 2 aliphatic rings. The first-order chi connectivity index (χ1) is 15.0. The molecule has 5 rings (SSSR count). The van der Waals surface area contributed by atoms with Gasteiger partial charge >= 0.3 is 5.97 Å². The van der Waals surface area contributed by atoms with Gasteiger partial charge in [0.1, 0.15) is 15.8 Å². The van der Waals surface area contributed by atoms with E-state index in [0.29, 0.717) is 15.0 Å². The number of carboxylic acids is 1. The summed E-state index contributed by atoms with van der Waals surface area (Å²) in [7, 11) is 0. The second kappa shape index (κ2) is 7.83. The van der Waals surface area contributed by atoms with Gasteiger partial charge in [-0.1, -0.05) is 60.4 Å². The summed E-state index contributed by atoms with van der Waals surface area (Å²) in [4.78, 5) is 25.1. The van der Waals surface area contributed by atoms with Gasteiger partial charge in [0.25, 0.3) is 5.91 Å². The minimum absolute atomic E-state index is 0.0677. The number of thioether (sulfide) groups is 1. The topological polar surface area (TPSA) is 70.8 Å². The fourth-order valence-corrected chi connectivity index (χ4v) is 5.20. The van der Waals surface area contributed by atoms with Crippen LogP contribution < -0.4 is 0 Å². The number of nitrogens with zero attached hydrogens (tertiary/aromatic N) is 1. The van der Waals surface area contributed by atoms with Crippen molar-refractivity contribution in [1.82, 2.24) is 4.90 Å². The van der Waals surface area contributed by atoms with Crippen LogP contribution in [0.3, 0.4) is 0 Å². The molecule has 2 heterocycles. The summed E-state index contributed by atoms with van der Waals surface area (Å²) in [5.74, 6) is 0.0273. The molecule has 31 heavy (non-hydrogen) atoms. The van der Waals surface area contributed by atoms with Crippen molar-refractivity contribution in [2.24, 2.45) is 0 Å². The van der Waals surface area contributed by atoms with Gasteiger partial charge in [-0.05, 0) is 46.9 Å². The number of carbonyl (C=O) groups is 2. The number of carbonyl (C=O) groups excluding carboxylic acids is 1. The van der Waals surface area contributed by atoms with E-state index in [4.69, 9.17) is 21.7 Å². The lowest BCUT2D eigenvalue weighted by atomic mass is 10.0. The largest absolute Gasteiger partial charge is 0.481 e. The van der Waals surface area contributed by atoms with Gasteiger partial charge in [0.05, 0.1) is 11.3 Å². The molecule has 1 aliphatic heterocycles. The Bertz CT molecular complexity index is 1270. The Kier molecular flexibility index (Phi) is 5.00. The maximum Gasteiger partial charge on any atom is 0.305 e. The smallest absolute Gasteiger partial charge is 0.305 e. The number of hydrogen-bond acceptors (Lipinski definition) is 5. The lowest BCUT2D eigenvalue weighted by molar-refractivity contribution is -0.137. The van der Waals surface area contributed by atoms with Gasteiger partial charge < -0.3 is 9.52 Å². The Morgan fingerprint density at radius 3 is 2.77 bits per heavy atom. The zero-order valence-corrected chi connectivity index (χ0v) is 18.0. The Labute approximate surface area is 188 Å². The summed E-state index contributed by atoms with van der Waals surface area (Å²) in [6.45, 7) is 0.0677. The standard InChI is InChI=1S/C24H17NO4S2/c26-22(27)9-10-25-23(28)21(31-24(25)30)13-17-6-8-20(29-17)15-5-7-19-16(12-15)11-14-3-1-2-4-18(14)19/h1-8,12-13H,9-11H2,(H,26,27)/b21-13+. The van der Waals surface area contributed by atoms with E-state index >= 15 is 0 Å². The third-order valence-corrected chi connectivity index (χ3v) is 6.78. The fraction of sp³-hybridized carbons (Fsp3) is 0.125. The first kappa shape index (κ1) is 19.8. The SMILES string of the molecule is O=C(O)CCN1C(=O)/C(=C\c2ccc(-c3ccc4c(c3)Cc3ccccc3-4)o2)SC1=S. The lowest BCUT2D eigenvalue weighted by Crippen LogP contribution is -2.30. The molecule has 1 saturated heterocycles. The third-order valence-electron chi connectivity index (χ3n) is 5.40. The molecular formula is C24H17NO4S2. The van der Waals surface area contributed by atoms with Gasteiger partial charge in [0.15, 0.2) is 0 Å². The second-order valence-electron chi connectivity index (χ2n) is 7.38. The quantitative estimate of drug-likeness (QED) is 0.335. The molecule has 1 amide bonds. The van der Waals surface area contributed by atoms with Crippen LogP contribution in [0, 0.1) is 0 Å². The van der Waals surface area contributed by atoms with Gasteiger partial charge in [0, 0.05) is 18.2 Å². The molecule has 0 atom stereocenters. The lowest BCUT2D eigenvalue weighted by Gasteiger charge is -2.12. The van der Waals surface area contributed by atoms with Crippen LogP contribution in [0.4, 0.5) is 0 Å². The van der Waals surface area contributed by atoms with Crippen molar-refractivity contribution in [2.75, 3.05) is 6.54 Å². The number of aliphatic carboxylic acids is 1. The van der Waals surface area contributed by atoms with Crippen LogP contribution in [0.5, 0.6) is 0 Å². The average molecular weight is 448 g/mol. The number of amides is 1. The average Bonchev–Trinajstić information content (AvgIpc) is 3.43. The summed E-state index contributed by atoms with van der Waals surface area (Å²) in [5.41, 5.74) is 6.14. The number of furan rings is 1. The van der Waals surface area contributed by atoms with Crippen LogP contribution in [-0.2, 0) is 16.0 Å². The predicted molar refractivity (Wildman–Crippen MR) is 125 cm³/mol. The summed E-state index contributed by atoms with van der Waals surface area (Å²) in [5, 5.41) is 8.85. The van der Waals surface area contributed by atoms with Crippen molar-refractivity contribution in [2.45, 2.75) is 12.8 Å². The van der Waals surface area contributed by atoms with Crippen LogP contribution in [0.15, 0.2) is 63.9 Å². The number of carboxylic acid groups (broad SMARTS) is 1. The zero-order valence-electron chi connectivity index (χ0n) is 16.3. The molecule has 0 unspecified atom stereocenters.